The van der Waals surface area contributed by atoms with E-state index in [0.717, 1.165) is 4.47 Å². The van der Waals surface area contributed by atoms with Gasteiger partial charge < -0.3 is 10.1 Å². The van der Waals surface area contributed by atoms with Crippen LogP contribution < -0.4 is 5.32 Å². The SMILES string of the molecule is O=C(COC(=O)C[C@@H]1CCS(=O)(=O)C1)Nc1ccc(Br)cc1. The maximum atomic E-state index is 11.6. The highest BCUT2D eigenvalue weighted by atomic mass is 79.9. The molecule has 1 aliphatic heterocycles. The minimum atomic E-state index is -3.01. The second-order valence-corrected chi connectivity index (χ2v) is 8.33. The number of hydrogen-bond acceptors (Lipinski definition) is 5. The van der Waals surface area contributed by atoms with Gasteiger partial charge in [0.2, 0.25) is 0 Å². The van der Waals surface area contributed by atoms with E-state index in [-0.39, 0.29) is 30.5 Å². The Hall–Kier alpha value is -1.41. The van der Waals surface area contributed by atoms with E-state index in [0.29, 0.717) is 12.1 Å². The minimum Gasteiger partial charge on any atom is -0.456 e. The van der Waals surface area contributed by atoms with Crippen molar-refractivity contribution >= 4 is 43.3 Å². The number of hydrogen-bond donors (Lipinski definition) is 1. The maximum Gasteiger partial charge on any atom is 0.306 e. The first kappa shape index (κ1) is 17.0. The predicted molar refractivity (Wildman–Crippen MR) is 85.1 cm³/mol. The van der Waals surface area contributed by atoms with Gasteiger partial charge in [-0.1, -0.05) is 15.9 Å². The number of benzene rings is 1. The van der Waals surface area contributed by atoms with Crippen LogP contribution in [0.4, 0.5) is 5.69 Å². The van der Waals surface area contributed by atoms with Crippen molar-refractivity contribution < 1.29 is 22.7 Å². The molecule has 1 fully saturated rings. The van der Waals surface area contributed by atoms with Crippen LogP contribution >= 0.6 is 15.9 Å². The Morgan fingerprint density at radius 1 is 1.27 bits per heavy atom. The lowest BCUT2D eigenvalue weighted by Crippen LogP contribution is -2.22. The average molecular weight is 390 g/mol. The van der Waals surface area contributed by atoms with Crippen LogP contribution in [0, 0.1) is 5.92 Å². The highest BCUT2D eigenvalue weighted by Crippen LogP contribution is 2.21. The zero-order valence-corrected chi connectivity index (χ0v) is 14.2. The molecule has 1 saturated heterocycles. The van der Waals surface area contributed by atoms with Gasteiger partial charge in [0.25, 0.3) is 5.91 Å². The molecule has 0 radical (unpaired) electrons. The largest absolute Gasteiger partial charge is 0.456 e. The Balaban J connectivity index is 1.72. The van der Waals surface area contributed by atoms with Crippen LogP contribution in [-0.2, 0) is 24.2 Å². The third-order valence-corrected chi connectivity index (χ3v) is 5.64. The fraction of sp³-hybridized carbons (Fsp3) is 0.429. The van der Waals surface area contributed by atoms with Gasteiger partial charge in [0.1, 0.15) is 0 Å². The van der Waals surface area contributed by atoms with Crippen molar-refractivity contribution in [3.05, 3.63) is 28.7 Å². The monoisotopic (exact) mass is 389 g/mol. The lowest BCUT2D eigenvalue weighted by atomic mass is 10.1. The molecule has 6 nitrogen and oxygen atoms in total. The lowest BCUT2D eigenvalue weighted by Gasteiger charge is -2.09. The van der Waals surface area contributed by atoms with Crippen molar-refractivity contribution in [2.45, 2.75) is 12.8 Å². The molecule has 1 heterocycles. The predicted octanol–water partition coefficient (Wildman–Crippen LogP) is 1.76. The van der Waals surface area contributed by atoms with E-state index in [1.54, 1.807) is 24.3 Å². The molecule has 1 atom stereocenters. The molecule has 1 N–H and O–H groups in total. The van der Waals surface area contributed by atoms with Gasteiger partial charge >= 0.3 is 5.97 Å². The quantitative estimate of drug-likeness (QED) is 0.774. The summed E-state index contributed by atoms with van der Waals surface area (Å²) >= 11 is 3.29. The highest BCUT2D eigenvalue weighted by Gasteiger charge is 2.29. The first-order valence-corrected chi connectivity index (χ1v) is 9.37. The number of anilines is 1. The second kappa shape index (κ2) is 7.23. The van der Waals surface area contributed by atoms with Crippen molar-refractivity contribution in [1.82, 2.24) is 0 Å². The van der Waals surface area contributed by atoms with Crippen LogP contribution in [0.3, 0.4) is 0 Å². The number of carbonyl (C=O) groups excluding carboxylic acids is 2. The summed E-state index contributed by atoms with van der Waals surface area (Å²) in [6, 6.07) is 6.99. The molecule has 1 amide bonds. The molecule has 1 aliphatic rings. The van der Waals surface area contributed by atoms with Crippen LogP contribution in [0.15, 0.2) is 28.7 Å². The van der Waals surface area contributed by atoms with Crippen molar-refractivity contribution in [2.75, 3.05) is 23.4 Å². The molecule has 0 aromatic heterocycles. The first-order chi connectivity index (χ1) is 10.3. The summed E-state index contributed by atoms with van der Waals surface area (Å²) in [7, 11) is -3.01. The van der Waals surface area contributed by atoms with E-state index >= 15 is 0 Å². The molecule has 0 aliphatic carbocycles. The molecule has 120 valence electrons. The van der Waals surface area contributed by atoms with Crippen LogP contribution in [0.2, 0.25) is 0 Å². The molecule has 0 bridgehead atoms. The molecule has 22 heavy (non-hydrogen) atoms. The standard InChI is InChI=1S/C14H16BrNO5S/c15-11-1-3-12(4-2-11)16-13(17)8-21-14(18)7-10-5-6-22(19,20)9-10/h1-4,10H,5-9H2,(H,16,17)/t10-/m0/s1. The van der Waals surface area contributed by atoms with E-state index in [2.05, 4.69) is 21.2 Å². The van der Waals surface area contributed by atoms with Crippen LogP contribution in [0.25, 0.3) is 0 Å². The Morgan fingerprint density at radius 2 is 1.95 bits per heavy atom. The number of carbonyl (C=O) groups is 2. The van der Waals surface area contributed by atoms with Gasteiger partial charge in [0.15, 0.2) is 16.4 Å². The third kappa shape index (κ3) is 5.42. The number of rotatable bonds is 5. The van der Waals surface area contributed by atoms with Gasteiger partial charge in [-0.25, -0.2) is 8.42 Å². The number of halogens is 1. The Kier molecular flexibility index (Phi) is 5.57. The van der Waals surface area contributed by atoms with E-state index in [1.807, 2.05) is 0 Å². The summed E-state index contributed by atoms with van der Waals surface area (Å²) in [4.78, 5) is 23.3. The van der Waals surface area contributed by atoms with Crippen molar-refractivity contribution in [3.63, 3.8) is 0 Å². The second-order valence-electron chi connectivity index (χ2n) is 5.19. The van der Waals surface area contributed by atoms with Crippen molar-refractivity contribution in [3.8, 4) is 0 Å². The average Bonchev–Trinajstić information content (AvgIpc) is 2.78. The van der Waals surface area contributed by atoms with Crippen molar-refractivity contribution in [2.24, 2.45) is 5.92 Å². The smallest absolute Gasteiger partial charge is 0.306 e. The van der Waals surface area contributed by atoms with Gasteiger partial charge in [-0.2, -0.15) is 0 Å². The summed E-state index contributed by atoms with van der Waals surface area (Å²) < 4.78 is 28.4. The Labute approximate surface area is 137 Å². The molecule has 2 rings (SSSR count). The molecular formula is C14H16BrNO5S. The number of amides is 1. The molecule has 0 spiro atoms. The topological polar surface area (TPSA) is 89.5 Å². The highest BCUT2D eigenvalue weighted by molar-refractivity contribution is 9.10. The lowest BCUT2D eigenvalue weighted by molar-refractivity contribution is -0.148. The summed E-state index contributed by atoms with van der Waals surface area (Å²) in [5.41, 5.74) is 0.603. The van der Waals surface area contributed by atoms with Crippen molar-refractivity contribution in [1.29, 1.82) is 0 Å². The molecule has 1 aromatic carbocycles. The summed E-state index contributed by atoms with van der Waals surface area (Å²) in [5.74, 6) is -1.04. The van der Waals surface area contributed by atoms with Gasteiger partial charge in [0, 0.05) is 16.6 Å². The van der Waals surface area contributed by atoms with Crippen LogP contribution in [0.5, 0.6) is 0 Å². The molecule has 8 heteroatoms. The first-order valence-electron chi connectivity index (χ1n) is 6.75. The molecule has 0 unspecified atom stereocenters. The van der Waals surface area contributed by atoms with Gasteiger partial charge in [-0.15, -0.1) is 0 Å². The van der Waals surface area contributed by atoms with E-state index in [4.69, 9.17) is 4.74 Å². The van der Waals surface area contributed by atoms with E-state index < -0.39 is 21.7 Å². The van der Waals surface area contributed by atoms with Gasteiger partial charge in [-0.3, -0.25) is 9.59 Å². The van der Waals surface area contributed by atoms with E-state index in [9.17, 15) is 18.0 Å². The Morgan fingerprint density at radius 3 is 2.55 bits per heavy atom. The normalized spacial score (nSPS) is 19.6. The number of esters is 1. The fourth-order valence-corrected chi connectivity index (χ4v) is 4.33. The van der Waals surface area contributed by atoms with Crippen LogP contribution in [-0.4, -0.2) is 38.4 Å². The van der Waals surface area contributed by atoms with E-state index in [1.165, 1.54) is 0 Å². The molecule has 0 saturated carbocycles. The third-order valence-electron chi connectivity index (χ3n) is 3.27. The Bertz CT molecular complexity index is 656. The van der Waals surface area contributed by atoms with Gasteiger partial charge in [-0.05, 0) is 36.6 Å². The summed E-state index contributed by atoms with van der Waals surface area (Å²) in [6.07, 6.45) is 0.507. The molecule has 1 aromatic rings. The minimum absolute atomic E-state index is 0.0210. The molecular weight excluding hydrogens is 374 g/mol. The van der Waals surface area contributed by atoms with Crippen LogP contribution in [0.1, 0.15) is 12.8 Å². The fourth-order valence-electron chi connectivity index (χ4n) is 2.20. The number of ether oxygens (including phenoxy) is 1. The summed E-state index contributed by atoms with van der Waals surface area (Å²) in [6.45, 7) is -0.381. The number of nitrogens with one attached hydrogen (secondary N) is 1. The maximum absolute atomic E-state index is 11.6. The summed E-state index contributed by atoms with van der Waals surface area (Å²) in [5, 5.41) is 2.60. The number of sulfone groups is 1. The van der Waals surface area contributed by atoms with Gasteiger partial charge in [0.05, 0.1) is 11.5 Å². The zero-order valence-electron chi connectivity index (χ0n) is 11.7. The zero-order chi connectivity index (χ0) is 16.2.